The number of nitrogens with zero attached hydrogens (tertiary/aromatic N) is 3. The van der Waals surface area contributed by atoms with Crippen LogP contribution in [0, 0.1) is 0 Å². The number of aliphatic hydroxyl groups excluding tert-OH is 1. The Kier molecular flexibility index (Phi) is 6.24. The largest absolute Gasteiger partial charge is 0.387 e. The number of β-amino-alcohol motifs (C(OH)–C–C–N with tert-alkyl or cyclic N) is 1. The Balaban J connectivity index is 1.35. The Morgan fingerprint density at radius 2 is 2.00 bits per heavy atom. The van der Waals surface area contributed by atoms with Crippen molar-refractivity contribution in [1.29, 1.82) is 0 Å². The minimum absolute atomic E-state index is 0.139. The third kappa shape index (κ3) is 5.23. The predicted molar refractivity (Wildman–Crippen MR) is 116 cm³/mol. The van der Waals surface area contributed by atoms with Crippen molar-refractivity contribution in [1.82, 2.24) is 14.9 Å². The minimum Gasteiger partial charge on any atom is -0.387 e. The number of halogens is 1. The highest BCUT2D eigenvalue weighted by atomic mass is 32.2. The number of nitrogens with one attached hydrogen (secondary N) is 1. The van der Waals surface area contributed by atoms with E-state index in [2.05, 4.69) is 15.3 Å². The number of hydrogen-bond acceptors (Lipinski definition) is 7. The van der Waals surface area contributed by atoms with Gasteiger partial charge in [0.1, 0.15) is 11.6 Å². The number of anilines is 2. The van der Waals surface area contributed by atoms with Crippen LogP contribution in [0.25, 0.3) is 0 Å². The zero-order valence-electron chi connectivity index (χ0n) is 15.4. The van der Waals surface area contributed by atoms with E-state index in [1.165, 1.54) is 23.1 Å². The fraction of sp³-hybridized carbons (Fsp3) is 0.143. The van der Waals surface area contributed by atoms with Crippen LogP contribution < -0.4 is 5.32 Å². The summed E-state index contributed by atoms with van der Waals surface area (Å²) in [5.41, 5.74) is 0.822. The zero-order valence-corrected chi connectivity index (χ0v) is 17.0. The number of aliphatic hydroxyl groups is 1. The van der Waals surface area contributed by atoms with Crippen molar-refractivity contribution >= 4 is 34.0 Å². The lowest BCUT2D eigenvalue weighted by Gasteiger charge is -2.26. The Morgan fingerprint density at radius 3 is 2.76 bits per heavy atom. The van der Waals surface area contributed by atoms with Gasteiger partial charge in [-0.3, -0.25) is 0 Å². The van der Waals surface area contributed by atoms with E-state index in [9.17, 15) is 9.50 Å². The Bertz CT molecular complexity index is 1010. The van der Waals surface area contributed by atoms with Crippen molar-refractivity contribution in [2.24, 2.45) is 0 Å². The van der Waals surface area contributed by atoms with E-state index < -0.39 is 6.10 Å². The maximum absolute atomic E-state index is 14.6. The SMILES string of the molecule is OC(CN1C=CC(Sc2cnc(Nc3ccccn3)s2)=C(F)C1)c1ccccc1. The monoisotopic (exact) mass is 426 g/mol. The highest BCUT2D eigenvalue weighted by molar-refractivity contribution is 8.05. The van der Waals surface area contributed by atoms with Crippen LogP contribution in [-0.2, 0) is 0 Å². The van der Waals surface area contributed by atoms with Gasteiger partial charge in [0.05, 0.1) is 23.1 Å². The molecular weight excluding hydrogens is 407 g/mol. The van der Waals surface area contributed by atoms with Crippen LogP contribution in [0.4, 0.5) is 15.3 Å². The first kappa shape index (κ1) is 19.6. The van der Waals surface area contributed by atoms with Crippen molar-refractivity contribution in [3.8, 4) is 0 Å². The molecule has 148 valence electrons. The molecule has 2 N–H and O–H groups in total. The second-order valence-corrected chi connectivity index (χ2v) is 8.74. The number of aromatic nitrogens is 2. The topological polar surface area (TPSA) is 61.3 Å². The number of thioether (sulfide) groups is 1. The first-order chi connectivity index (χ1) is 14.2. The maximum Gasteiger partial charge on any atom is 0.189 e. The Hall–Kier alpha value is -2.68. The van der Waals surface area contributed by atoms with E-state index >= 15 is 0 Å². The first-order valence-electron chi connectivity index (χ1n) is 9.03. The van der Waals surface area contributed by atoms with Crippen LogP contribution in [0.5, 0.6) is 0 Å². The second kappa shape index (κ2) is 9.21. The van der Waals surface area contributed by atoms with Gasteiger partial charge in [0.15, 0.2) is 5.13 Å². The molecule has 1 aliphatic heterocycles. The normalized spacial score (nSPS) is 14.9. The number of pyridine rings is 1. The summed E-state index contributed by atoms with van der Waals surface area (Å²) in [5, 5.41) is 14.2. The minimum atomic E-state index is -0.662. The Labute approximate surface area is 176 Å². The summed E-state index contributed by atoms with van der Waals surface area (Å²) in [4.78, 5) is 10.9. The van der Waals surface area contributed by atoms with Gasteiger partial charge in [0.2, 0.25) is 0 Å². The lowest BCUT2D eigenvalue weighted by atomic mass is 10.1. The summed E-state index contributed by atoms with van der Waals surface area (Å²) in [6, 6.07) is 15.0. The van der Waals surface area contributed by atoms with Crippen molar-refractivity contribution in [2.45, 2.75) is 10.3 Å². The predicted octanol–water partition coefficient (Wildman–Crippen LogP) is 5.12. The molecule has 0 amide bonds. The molecule has 3 aromatic rings. The van der Waals surface area contributed by atoms with Gasteiger partial charge in [-0.25, -0.2) is 14.4 Å². The molecule has 0 spiro atoms. The summed E-state index contributed by atoms with van der Waals surface area (Å²) in [6.07, 6.45) is 6.34. The van der Waals surface area contributed by atoms with Crippen molar-refractivity contribution in [3.05, 3.63) is 89.5 Å². The van der Waals surface area contributed by atoms with Crippen LogP contribution in [0.15, 0.2) is 88.1 Å². The van der Waals surface area contributed by atoms with Gasteiger partial charge in [-0.15, -0.1) is 0 Å². The fourth-order valence-electron chi connectivity index (χ4n) is 2.81. The van der Waals surface area contributed by atoms with Gasteiger partial charge in [-0.2, -0.15) is 0 Å². The van der Waals surface area contributed by atoms with Gasteiger partial charge in [0.25, 0.3) is 0 Å². The molecular formula is C21H19FN4OS2. The highest BCUT2D eigenvalue weighted by Crippen LogP contribution is 2.38. The van der Waals surface area contributed by atoms with Gasteiger partial charge in [-0.1, -0.05) is 59.5 Å². The molecule has 1 atom stereocenters. The molecule has 0 saturated carbocycles. The molecule has 0 radical (unpaired) electrons. The quantitative estimate of drug-likeness (QED) is 0.547. The Morgan fingerprint density at radius 1 is 1.17 bits per heavy atom. The van der Waals surface area contributed by atoms with Crippen molar-refractivity contribution < 1.29 is 9.50 Å². The van der Waals surface area contributed by atoms with Crippen molar-refractivity contribution in [2.75, 3.05) is 18.4 Å². The van der Waals surface area contributed by atoms with Gasteiger partial charge >= 0.3 is 0 Å². The molecule has 0 bridgehead atoms. The van der Waals surface area contributed by atoms with E-state index in [0.29, 0.717) is 22.4 Å². The number of benzene rings is 1. The molecule has 1 aromatic carbocycles. The summed E-state index contributed by atoms with van der Waals surface area (Å²) >= 11 is 2.79. The van der Waals surface area contributed by atoms with Crippen LogP contribution in [0.3, 0.4) is 0 Å². The zero-order chi connectivity index (χ0) is 20.1. The summed E-state index contributed by atoms with van der Waals surface area (Å²) < 4.78 is 15.5. The highest BCUT2D eigenvalue weighted by Gasteiger charge is 2.19. The number of rotatable bonds is 7. The number of hydrogen-bond donors (Lipinski definition) is 2. The van der Waals surface area contributed by atoms with E-state index in [0.717, 1.165) is 9.77 Å². The molecule has 0 saturated heterocycles. The number of allylic oxidation sites excluding steroid dienone is 1. The number of thiazole rings is 1. The van der Waals surface area contributed by atoms with Crippen LogP contribution >= 0.6 is 23.1 Å². The smallest absolute Gasteiger partial charge is 0.189 e. The molecule has 2 aromatic heterocycles. The maximum atomic E-state index is 14.6. The average molecular weight is 427 g/mol. The molecule has 5 nitrogen and oxygen atoms in total. The van der Waals surface area contributed by atoms with Crippen LogP contribution in [0.1, 0.15) is 11.7 Å². The van der Waals surface area contributed by atoms with Crippen molar-refractivity contribution in [3.63, 3.8) is 0 Å². The molecule has 0 aliphatic carbocycles. The summed E-state index contributed by atoms with van der Waals surface area (Å²) in [5.74, 6) is 0.499. The molecule has 4 rings (SSSR count). The molecule has 8 heteroatoms. The van der Waals surface area contributed by atoms with E-state index in [-0.39, 0.29) is 12.4 Å². The average Bonchev–Trinajstić information content (AvgIpc) is 3.18. The molecule has 1 unspecified atom stereocenters. The third-order valence-electron chi connectivity index (χ3n) is 4.23. The third-order valence-corrected chi connectivity index (χ3v) is 6.32. The standard InChI is InChI=1S/C21H19FN4OS2/c22-16-13-26(14-17(27)15-6-2-1-3-7-15)11-9-18(16)28-20-12-24-21(29-20)25-19-8-4-5-10-23-19/h1-12,17,27H,13-14H2,(H,23,24,25). The van der Waals surface area contributed by atoms with E-state index in [4.69, 9.17) is 0 Å². The van der Waals surface area contributed by atoms with E-state index in [1.54, 1.807) is 23.4 Å². The second-order valence-electron chi connectivity index (χ2n) is 6.37. The lowest BCUT2D eigenvalue weighted by molar-refractivity contribution is 0.136. The van der Waals surface area contributed by atoms with Crippen LogP contribution in [0.2, 0.25) is 0 Å². The van der Waals surface area contributed by atoms with Gasteiger partial charge < -0.3 is 15.3 Å². The fourth-order valence-corrected chi connectivity index (χ4v) is 4.67. The molecule has 1 aliphatic rings. The van der Waals surface area contributed by atoms with Gasteiger partial charge in [0, 0.05) is 23.8 Å². The first-order valence-corrected chi connectivity index (χ1v) is 10.7. The van der Waals surface area contributed by atoms with E-state index in [1.807, 2.05) is 54.7 Å². The summed E-state index contributed by atoms with van der Waals surface area (Å²) in [6.45, 7) is 0.477. The molecule has 29 heavy (non-hydrogen) atoms. The summed E-state index contributed by atoms with van der Waals surface area (Å²) in [7, 11) is 0. The molecule has 0 fully saturated rings. The molecule has 3 heterocycles. The lowest BCUT2D eigenvalue weighted by Crippen LogP contribution is -2.27. The van der Waals surface area contributed by atoms with Crippen LogP contribution in [-0.4, -0.2) is 33.1 Å². The van der Waals surface area contributed by atoms with Gasteiger partial charge in [-0.05, 0) is 23.8 Å².